The molecule has 1 aromatic carbocycles. The van der Waals surface area contributed by atoms with Crippen LogP contribution in [0.25, 0.3) is 10.8 Å². The molecule has 1 aromatic heterocycles. The van der Waals surface area contributed by atoms with E-state index in [4.69, 9.17) is 0 Å². The maximum Gasteiger partial charge on any atom is 0.417 e. The first-order chi connectivity index (χ1) is 6.09. The Hall–Kier alpha value is -1.03. The van der Waals surface area contributed by atoms with Gasteiger partial charge in [0.05, 0.1) is 10.9 Å². The molecule has 0 atom stereocenters. The minimum atomic E-state index is -4.27. The number of rotatable bonds is 0. The molecule has 0 saturated heterocycles. The summed E-state index contributed by atoms with van der Waals surface area (Å²) < 4.78 is 37.2. The highest BCUT2D eigenvalue weighted by Crippen LogP contribution is 2.35. The van der Waals surface area contributed by atoms with E-state index in [9.17, 15) is 13.2 Å². The molecule has 2 aromatic rings. The number of halogens is 3. The van der Waals surface area contributed by atoms with Gasteiger partial charge in [0.25, 0.3) is 0 Å². The largest absolute Gasteiger partial charge is 0.417 e. The van der Waals surface area contributed by atoms with Crippen LogP contribution in [0.1, 0.15) is 5.56 Å². The van der Waals surface area contributed by atoms with E-state index in [-0.39, 0.29) is 5.39 Å². The van der Waals surface area contributed by atoms with Crippen LogP contribution in [-0.2, 0) is 6.18 Å². The van der Waals surface area contributed by atoms with E-state index < -0.39 is 11.7 Å². The van der Waals surface area contributed by atoms with Crippen molar-refractivity contribution in [3.8, 4) is 0 Å². The van der Waals surface area contributed by atoms with Crippen LogP contribution in [0.4, 0.5) is 13.2 Å². The second-order valence-corrected chi connectivity index (χ2v) is 3.28. The maximum atomic E-state index is 12.4. The lowest BCUT2D eigenvalue weighted by molar-refractivity contribution is -0.136. The fraction of sp³-hybridized carbons (Fsp3) is 0.111. The third kappa shape index (κ3) is 1.42. The normalized spacial score (nSPS) is 12.2. The summed E-state index contributed by atoms with van der Waals surface area (Å²) in [4.78, 5) is 0. The van der Waals surface area contributed by atoms with E-state index in [1.807, 2.05) is 0 Å². The molecule has 0 saturated carbocycles. The van der Waals surface area contributed by atoms with Crippen LogP contribution >= 0.6 is 11.3 Å². The lowest BCUT2D eigenvalue weighted by Crippen LogP contribution is -2.04. The highest BCUT2D eigenvalue weighted by atomic mass is 32.1. The molecule has 13 heavy (non-hydrogen) atoms. The van der Waals surface area contributed by atoms with Gasteiger partial charge in [0.15, 0.2) is 0 Å². The summed E-state index contributed by atoms with van der Waals surface area (Å²) in [7, 11) is 0. The second kappa shape index (κ2) is 2.73. The zero-order valence-corrected chi connectivity index (χ0v) is 7.17. The second-order valence-electron chi connectivity index (χ2n) is 2.60. The first kappa shape index (κ1) is 8.56. The van der Waals surface area contributed by atoms with Gasteiger partial charge in [-0.15, -0.1) is 11.3 Å². The predicted molar refractivity (Wildman–Crippen MR) is 45.7 cm³/mol. The van der Waals surface area contributed by atoms with Crippen molar-refractivity contribution < 1.29 is 13.2 Å². The summed E-state index contributed by atoms with van der Waals surface area (Å²) in [6.45, 7) is 0. The van der Waals surface area contributed by atoms with Crippen LogP contribution in [0.3, 0.4) is 0 Å². The molecule has 0 amide bonds. The van der Waals surface area contributed by atoms with Crippen molar-refractivity contribution >= 4 is 22.1 Å². The monoisotopic (exact) mass is 201 g/mol. The van der Waals surface area contributed by atoms with E-state index >= 15 is 0 Å². The summed E-state index contributed by atoms with van der Waals surface area (Å²) in [5, 5.41) is 5.01. The Bertz CT molecular complexity index is 428. The minimum absolute atomic E-state index is 0.236. The van der Waals surface area contributed by atoms with Crippen molar-refractivity contribution in [3.05, 3.63) is 34.5 Å². The van der Waals surface area contributed by atoms with Gasteiger partial charge in [0.2, 0.25) is 0 Å². The Kier molecular flexibility index (Phi) is 1.80. The van der Waals surface area contributed by atoms with Gasteiger partial charge in [-0.05, 0) is 11.4 Å². The zero-order valence-electron chi connectivity index (χ0n) is 6.35. The van der Waals surface area contributed by atoms with Crippen LogP contribution in [0, 0.1) is 5.38 Å². The Balaban J connectivity index is 2.75. The van der Waals surface area contributed by atoms with Gasteiger partial charge in [0, 0.05) is 10.8 Å². The highest BCUT2D eigenvalue weighted by molar-refractivity contribution is 7.08. The van der Waals surface area contributed by atoms with Crippen LogP contribution < -0.4 is 0 Å². The van der Waals surface area contributed by atoms with Gasteiger partial charge in [0.1, 0.15) is 0 Å². The van der Waals surface area contributed by atoms with Gasteiger partial charge in [-0.3, -0.25) is 0 Å². The van der Waals surface area contributed by atoms with Crippen molar-refractivity contribution in [2.45, 2.75) is 6.18 Å². The molecule has 67 valence electrons. The summed E-state index contributed by atoms with van der Waals surface area (Å²) >= 11 is 1.16. The van der Waals surface area contributed by atoms with Crippen LogP contribution in [0.15, 0.2) is 23.6 Å². The fourth-order valence-electron chi connectivity index (χ4n) is 1.18. The molecule has 0 spiro atoms. The number of alkyl halides is 3. The Morgan fingerprint density at radius 3 is 2.69 bits per heavy atom. The highest BCUT2D eigenvalue weighted by Gasteiger charge is 2.32. The molecule has 1 radical (unpaired) electrons. The quantitative estimate of drug-likeness (QED) is 0.609. The molecule has 0 aliphatic heterocycles. The van der Waals surface area contributed by atoms with E-state index in [2.05, 4.69) is 5.38 Å². The molecular formula is C9H4F3S. The number of fused-ring (bicyclic) bond motifs is 1. The smallest absolute Gasteiger partial charge is 0.166 e. The Labute approximate surface area is 76.6 Å². The predicted octanol–water partition coefficient (Wildman–Crippen LogP) is 3.72. The molecule has 0 aliphatic carbocycles. The maximum absolute atomic E-state index is 12.4. The van der Waals surface area contributed by atoms with E-state index in [1.54, 1.807) is 6.07 Å². The Morgan fingerprint density at radius 1 is 1.23 bits per heavy atom. The van der Waals surface area contributed by atoms with Gasteiger partial charge in [-0.1, -0.05) is 12.1 Å². The molecule has 0 nitrogen and oxygen atoms in total. The lowest BCUT2D eigenvalue weighted by atomic mass is 10.1. The molecule has 0 aliphatic rings. The SMILES string of the molecule is FC(F)(F)c1cccc2[c]scc12. The Morgan fingerprint density at radius 2 is 2.00 bits per heavy atom. The topological polar surface area (TPSA) is 0 Å². The first-order valence-electron chi connectivity index (χ1n) is 3.54. The molecule has 0 unspecified atom stereocenters. The standard InChI is InChI=1S/C9H4F3S/c10-9(11,12)8-3-1-2-6-4-13-5-7(6)8/h1-3,5H. The van der Waals surface area contributed by atoms with E-state index in [0.29, 0.717) is 5.39 Å². The van der Waals surface area contributed by atoms with Crippen molar-refractivity contribution in [3.63, 3.8) is 0 Å². The van der Waals surface area contributed by atoms with Gasteiger partial charge >= 0.3 is 6.18 Å². The number of thiophene rings is 1. The minimum Gasteiger partial charge on any atom is -0.166 e. The van der Waals surface area contributed by atoms with Gasteiger partial charge < -0.3 is 0 Å². The van der Waals surface area contributed by atoms with Crippen molar-refractivity contribution in [2.24, 2.45) is 0 Å². The average Bonchev–Trinajstić information content (AvgIpc) is 2.48. The molecular weight excluding hydrogens is 197 g/mol. The number of benzene rings is 1. The average molecular weight is 201 g/mol. The van der Waals surface area contributed by atoms with Gasteiger partial charge in [-0.2, -0.15) is 13.2 Å². The third-order valence-corrected chi connectivity index (χ3v) is 2.45. The summed E-state index contributed by atoms with van der Waals surface area (Å²) in [5.41, 5.74) is -0.581. The zero-order chi connectivity index (χ0) is 9.47. The molecule has 0 fully saturated rings. The summed E-state index contributed by atoms with van der Waals surface area (Å²) in [5.74, 6) is 0. The third-order valence-electron chi connectivity index (χ3n) is 1.76. The van der Waals surface area contributed by atoms with Crippen LogP contribution in [0.5, 0.6) is 0 Å². The van der Waals surface area contributed by atoms with Crippen molar-refractivity contribution in [1.29, 1.82) is 0 Å². The summed E-state index contributed by atoms with van der Waals surface area (Å²) in [6.07, 6.45) is -4.27. The van der Waals surface area contributed by atoms with E-state index in [1.165, 1.54) is 11.4 Å². The molecule has 0 N–H and O–H groups in total. The van der Waals surface area contributed by atoms with Crippen LogP contribution in [-0.4, -0.2) is 0 Å². The first-order valence-corrected chi connectivity index (χ1v) is 4.42. The van der Waals surface area contributed by atoms with Crippen molar-refractivity contribution in [2.75, 3.05) is 0 Å². The van der Waals surface area contributed by atoms with Crippen molar-refractivity contribution in [1.82, 2.24) is 0 Å². The molecule has 2 rings (SSSR count). The summed E-state index contributed by atoms with van der Waals surface area (Å²) in [6, 6.07) is 4.11. The molecule has 0 bridgehead atoms. The number of hydrogen-bond donors (Lipinski definition) is 0. The van der Waals surface area contributed by atoms with Gasteiger partial charge in [-0.25, -0.2) is 0 Å². The molecule has 1 heterocycles. The molecule has 4 heteroatoms. The van der Waals surface area contributed by atoms with Crippen LogP contribution in [0.2, 0.25) is 0 Å². The van der Waals surface area contributed by atoms with E-state index in [0.717, 1.165) is 17.4 Å². The lowest BCUT2D eigenvalue weighted by Gasteiger charge is -2.06. The fourth-order valence-corrected chi connectivity index (χ4v) is 1.92. The number of hydrogen-bond acceptors (Lipinski definition) is 1.